The summed E-state index contributed by atoms with van der Waals surface area (Å²) in [6.45, 7) is 11.6. The van der Waals surface area contributed by atoms with Gasteiger partial charge in [0.15, 0.2) is 0 Å². The van der Waals surface area contributed by atoms with Crippen LogP contribution in [0.25, 0.3) is 0 Å². The van der Waals surface area contributed by atoms with Crippen molar-refractivity contribution in [3.63, 3.8) is 0 Å². The van der Waals surface area contributed by atoms with Gasteiger partial charge in [-0.15, -0.1) is 6.58 Å². The summed E-state index contributed by atoms with van der Waals surface area (Å²) in [5.74, 6) is 0.636. The van der Waals surface area contributed by atoms with Crippen LogP contribution in [0.1, 0.15) is 77.6 Å². The smallest absolute Gasteiger partial charge is 0.343 e. The lowest BCUT2D eigenvalue weighted by Crippen LogP contribution is -2.10. The molecular weight excluding hydrogens is 612 g/mol. The highest BCUT2D eigenvalue weighted by Crippen LogP contribution is 2.26. The van der Waals surface area contributed by atoms with Gasteiger partial charge < -0.3 is 28.4 Å². The first-order chi connectivity index (χ1) is 23.4. The van der Waals surface area contributed by atoms with Crippen LogP contribution in [0.2, 0.25) is 0 Å². The fourth-order valence-electron chi connectivity index (χ4n) is 4.49. The van der Waals surface area contributed by atoms with Crippen molar-refractivity contribution < 1.29 is 42.8 Å². The Morgan fingerprint density at radius 2 is 1.10 bits per heavy atom. The fourth-order valence-corrected chi connectivity index (χ4v) is 4.49. The molecule has 0 fully saturated rings. The second-order valence-electron chi connectivity index (χ2n) is 11.0. The molecule has 0 radical (unpaired) electrons. The van der Waals surface area contributed by atoms with Crippen molar-refractivity contribution in [2.24, 2.45) is 0 Å². The Balaban J connectivity index is 1.36. The zero-order chi connectivity index (χ0) is 34.4. The van der Waals surface area contributed by atoms with Gasteiger partial charge >= 0.3 is 17.9 Å². The van der Waals surface area contributed by atoms with E-state index < -0.39 is 17.9 Å². The number of esters is 3. The Labute approximate surface area is 283 Å². The summed E-state index contributed by atoms with van der Waals surface area (Å²) < 4.78 is 33.0. The summed E-state index contributed by atoms with van der Waals surface area (Å²) in [6, 6.07) is 18.4. The first kappa shape index (κ1) is 37.6. The molecule has 3 aromatic carbocycles. The molecule has 0 aliphatic rings. The van der Waals surface area contributed by atoms with E-state index in [-0.39, 0.29) is 0 Å². The molecule has 0 atom stereocenters. The van der Waals surface area contributed by atoms with Crippen LogP contribution < -0.4 is 18.9 Å². The van der Waals surface area contributed by atoms with Gasteiger partial charge in [0.1, 0.15) is 23.0 Å². The molecule has 0 unspecified atom stereocenters. The lowest BCUT2D eigenvalue weighted by atomic mass is 10.2. The molecule has 3 aromatic rings. The van der Waals surface area contributed by atoms with E-state index in [2.05, 4.69) is 13.2 Å². The molecule has 0 bridgehead atoms. The molecule has 0 N–H and O–H groups in total. The molecule has 0 spiro atoms. The molecule has 0 aliphatic carbocycles. The molecule has 0 saturated heterocycles. The second-order valence-corrected chi connectivity index (χ2v) is 11.0. The number of aryl methyl sites for hydroxylation is 1. The van der Waals surface area contributed by atoms with Gasteiger partial charge in [-0.1, -0.05) is 19.1 Å². The third-order valence-corrected chi connectivity index (χ3v) is 7.15. The first-order valence-corrected chi connectivity index (χ1v) is 16.4. The van der Waals surface area contributed by atoms with E-state index in [1.165, 1.54) is 0 Å². The largest absolute Gasteiger partial charge is 0.494 e. The van der Waals surface area contributed by atoms with Gasteiger partial charge in [-0.3, -0.25) is 0 Å². The zero-order valence-corrected chi connectivity index (χ0v) is 27.8. The predicted octanol–water partition coefficient (Wildman–Crippen LogP) is 8.24. The summed E-state index contributed by atoms with van der Waals surface area (Å²) in [7, 11) is 0. The Morgan fingerprint density at radius 1 is 0.604 bits per heavy atom. The van der Waals surface area contributed by atoms with E-state index in [0.29, 0.717) is 66.1 Å². The third kappa shape index (κ3) is 14.3. The summed E-state index contributed by atoms with van der Waals surface area (Å²) >= 11 is 0. The van der Waals surface area contributed by atoms with Crippen LogP contribution >= 0.6 is 0 Å². The molecular formula is C39H46O9. The summed E-state index contributed by atoms with van der Waals surface area (Å²) in [6.07, 6.45) is 10.6. The lowest BCUT2D eigenvalue weighted by molar-refractivity contribution is -0.137. The molecule has 9 heteroatoms. The van der Waals surface area contributed by atoms with Crippen molar-refractivity contribution in [1.29, 1.82) is 0 Å². The molecule has 256 valence electrons. The molecule has 0 saturated carbocycles. The Bertz CT molecular complexity index is 1450. The highest BCUT2D eigenvalue weighted by atomic mass is 16.5. The minimum Gasteiger partial charge on any atom is -0.494 e. The normalized spacial score (nSPS) is 10.5. The predicted molar refractivity (Wildman–Crippen MR) is 184 cm³/mol. The highest BCUT2D eigenvalue weighted by Gasteiger charge is 2.14. The van der Waals surface area contributed by atoms with Crippen molar-refractivity contribution in [3.05, 3.63) is 109 Å². The van der Waals surface area contributed by atoms with Gasteiger partial charge in [-0.25, -0.2) is 14.4 Å². The van der Waals surface area contributed by atoms with Crippen LogP contribution in [0.15, 0.2) is 92.0 Å². The minimum atomic E-state index is -0.515. The molecule has 48 heavy (non-hydrogen) atoms. The third-order valence-electron chi connectivity index (χ3n) is 7.15. The van der Waals surface area contributed by atoms with Gasteiger partial charge in [0, 0.05) is 12.7 Å². The summed E-state index contributed by atoms with van der Waals surface area (Å²) in [5, 5.41) is 0. The second kappa shape index (κ2) is 21.8. The van der Waals surface area contributed by atoms with Crippen LogP contribution in [0.3, 0.4) is 0 Å². The summed E-state index contributed by atoms with van der Waals surface area (Å²) in [4.78, 5) is 36.5. The average molecular weight is 659 g/mol. The minimum absolute atomic E-state index is 0.333. The van der Waals surface area contributed by atoms with Crippen molar-refractivity contribution in [1.82, 2.24) is 0 Å². The van der Waals surface area contributed by atoms with Crippen LogP contribution in [0.5, 0.6) is 23.0 Å². The molecule has 9 nitrogen and oxygen atoms in total. The van der Waals surface area contributed by atoms with Gasteiger partial charge in [-0.2, -0.15) is 0 Å². The fraction of sp³-hybridized carbons (Fsp3) is 0.359. The lowest BCUT2D eigenvalue weighted by Gasteiger charge is -2.11. The maximum atomic E-state index is 12.8. The number of unbranched alkanes of at least 4 members (excludes halogenated alkanes) is 6. The van der Waals surface area contributed by atoms with E-state index in [9.17, 15) is 14.4 Å². The Kier molecular flexibility index (Phi) is 17.1. The SMILES string of the molecule is C=CCOCCCCCCOc1ccc(C(=O)Oc2ccc(OC(=O)c3ccc(OCCCCCCOC(=O)C=C)cc3)cc2C)cc1. The van der Waals surface area contributed by atoms with Crippen molar-refractivity contribution >= 4 is 17.9 Å². The van der Waals surface area contributed by atoms with E-state index in [1.54, 1.807) is 79.7 Å². The number of benzene rings is 3. The highest BCUT2D eigenvalue weighted by molar-refractivity contribution is 5.92. The van der Waals surface area contributed by atoms with E-state index in [1.807, 2.05) is 0 Å². The van der Waals surface area contributed by atoms with E-state index in [4.69, 9.17) is 28.4 Å². The summed E-state index contributed by atoms with van der Waals surface area (Å²) in [5.41, 5.74) is 1.41. The van der Waals surface area contributed by atoms with E-state index >= 15 is 0 Å². The Hall–Kier alpha value is -4.89. The van der Waals surface area contributed by atoms with Crippen LogP contribution in [0, 0.1) is 6.92 Å². The van der Waals surface area contributed by atoms with Gasteiger partial charge in [0.25, 0.3) is 0 Å². The number of ether oxygens (including phenoxy) is 6. The quantitative estimate of drug-likeness (QED) is 0.0327. The number of rotatable bonds is 23. The number of hydrogen-bond donors (Lipinski definition) is 0. The topological polar surface area (TPSA) is 107 Å². The molecule has 0 aromatic heterocycles. The van der Waals surface area contributed by atoms with Crippen LogP contribution in [-0.4, -0.2) is 50.9 Å². The number of hydrogen-bond acceptors (Lipinski definition) is 9. The molecule has 0 heterocycles. The van der Waals surface area contributed by atoms with Crippen molar-refractivity contribution in [2.45, 2.75) is 58.3 Å². The van der Waals surface area contributed by atoms with Gasteiger partial charge in [0.05, 0.1) is 37.6 Å². The van der Waals surface area contributed by atoms with Gasteiger partial charge in [0.2, 0.25) is 0 Å². The molecule has 0 aliphatic heterocycles. The van der Waals surface area contributed by atoms with Crippen molar-refractivity contribution in [3.8, 4) is 23.0 Å². The van der Waals surface area contributed by atoms with E-state index in [0.717, 1.165) is 64.0 Å². The van der Waals surface area contributed by atoms with Crippen LogP contribution in [0.4, 0.5) is 0 Å². The molecule has 0 amide bonds. The maximum absolute atomic E-state index is 12.8. The zero-order valence-electron chi connectivity index (χ0n) is 27.8. The monoisotopic (exact) mass is 658 g/mol. The first-order valence-electron chi connectivity index (χ1n) is 16.4. The van der Waals surface area contributed by atoms with Crippen LogP contribution in [-0.2, 0) is 14.3 Å². The molecule has 3 rings (SSSR count). The van der Waals surface area contributed by atoms with Crippen molar-refractivity contribution in [2.75, 3.05) is 33.0 Å². The standard InChI is InChI=1S/C39H46O9/c1-4-24-43-25-10-6-7-11-26-44-34-20-16-32(17-21-34)39(42)48-36-23-22-35(29-30(36)3)47-38(41)31-14-18-33(19-15-31)45-27-12-8-9-13-28-46-37(40)5-2/h4-5,14-23,29H,1-2,6-13,24-28H2,3H3. The van der Waals surface area contributed by atoms with Gasteiger partial charge in [-0.05, 0) is 124 Å². The Morgan fingerprint density at radius 3 is 1.62 bits per heavy atom. The average Bonchev–Trinajstić information content (AvgIpc) is 3.10. The maximum Gasteiger partial charge on any atom is 0.343 e. The number of carbonyl (C=O) groups is 3. The number of carbonyl (C=O) groups excluding carboxylic acids is 3.